The zero-order chi connectivity index (χ0) is 23.3. The van der Waals surface area contributed by atoms with Crippen molar-refractivity contribution in [2.75, 3.05) is 13.2 Å². The molecule has 0 atom stereocenters. The standard InChI is InChI=1S/C29H44N2O2/c1-4-6-7-8-9-10-18-32-27-20-30-29(31-21-27)28-17-16-26(19-23(28)3)33-22-25-14-12-24(11-5-2)13-15-25/h16-17,19-21,24-25H,4-15,18,22H2,1-3H3/t24-,25-. The first-order valence-corrected chi connectivity index (χ1v) is 13.4. The molecule has 1 fully saturated rings. The molecule has 0 N–H and O–H groups in total. The van der Waals surface area contributed by atoms with Gasteiger partial charge < -0.3 is 9.47 Å². The Balaban J connectivity index is 1.42. The van der Waals surface area contributed by atoms with Gasteiger partial charge in [-0.1, -0.05) is 71.6 Å². The molecule has 1 saturated carbocycles. The second-order valence-corrected chi connectivity index (χ2v) is 9.82. The van der Waals surface area contributed by atoms with E-state index in [4.69, 9.17) is 9.47 Å². The van der Waals surface area contributed by atoms with E-state index in [-0.39, 0.29) is 0 Å². The lowest BCUT2D eigenvalue weighted by Gasteiger charge is -2.28. The maximum absolute atomic E-state index is 6.16. The van der Waals surface area contributed by atoms with Crippen LogP contribution in [0.3, 0.4) is 0 Å². The van der Waals surface area contributed by atoms with Gasteiger partial charge in [0.2, 0.25) is 0 Å². The van der Waals surface area contributed by atoms with E-state index in [1.54, 1.807) is 12.4 Å². The normalized spacial score (nSPS) is 18.3. The predicted molar refractivity (Wildman–Crippen MR) is 137 cm³/mol. The summed E-state index contributed by atoms with van der Waals surface area (Å²) < 4.78 is 12.0. The van der Waals surface area contributed by atoms with Gasteiger partial charge in [-0.2, -0.15) is 0 Å². The highest BCUT2D eigenvalue weighted by molar-refractivity contribution is 5.61. The fourth-order valence-corrected chi connectivity index (χ4v) is 4.89. The van der Waals surface area contributed by atoms with Crippen molar-refractivity contribution in [3.8, 4) is 22.9 Å². The first-order valence-electron chi connectivity index (χ1n) is 13.4. The molecule has 0 amide bonds. The van der Waals surface area contributed by atoms with Gasteiger partial charge in [-0.15, -0.1) is 0 Å². The Morgan fingerprint density at radius 2 is 1.48 bits per heavy atom. The minimum atomic E-state index is 0.699. The molecule has 1 aliphatic rings. The molecule has 0 spiro atoms. The van der Waals surface area contributed by atoms with E-state index >= 15 is 0 Å². The third-order valence-electron chi connectivity index (χ3n) is 6.98. The van der Waals surface area contributed by atoms with Gasteiger partial charge in [-0.25, -0.2) is 9.97 Å². The van der Waals surface area contributed by atoms with Crippen molar-refractivity contribution in [2.24, 2.45) is 11.8 Å². The predicted octanol–water partition coefficient (Wildman–Crippen LogP) is 8.18. The van der Waals surface area contributed by atoms with Crippen molar-refractivity contribution in [2.45, 2.75) is 97.8 Å². The van der Waals surface area contributed by atoms with Crippen LogP contribution >= 0.6 is 0 Å². The van der Waals surface area contributed by atoms with Crippen LogP contribution in [0.1, 0.15) is 96.5 Å². The van der Waals surface area contributed by atoms with Crippen LogP contribution in [-0.4, -0.2) is 23.2 Å². The Bertz CT molecular complexity index is 798. The van der Waals surface area contributed by atoms with Gasteiger partial charge >= 0.3 is 0 Å². The van der Waals surface area contributed by atoms with E-state index < -0.39 is 0 Å². The highest BCUT2D eigenvalue weighted by atomic mass is 16.5. The minimum Gasteiger partial charge on any atom is -0.493 e. The van der Waals surface area contributed by atoms with E-state index in [1.165, 1.54) is 70.6 Å². The van der Waals surface area contributed by atoms with Crippen molar-refractivity contribution < 1.29 is 9.47 Å². The monoisotopic (exact) mass is 452 g/mol. The van der Waals surface area contributed by atoms with Crippen LogP contribution in [0.4, 0.5) is 0 Å². The van der Waals surface area contributed by atoms with E-state index in [0.29, 0.717) is 5.92 Å². The lowest BCUT2D eigenvalue weighted by molar-refractivity contribution is 0.178. The van der Waals surface area contributed by atoms with Gasteiger partial charge in [0.05, 0.1) is 25.6 Å². The summed E-state index contributed by atoms with van der Waals surface area (Å²) in [4.78, 5) is 9.09. The summed E-state index contributed by atoms with van der Waals surface area (Å²) in [6, 6.07) is 6.25. The highest BCUT2D eigenvalue weighted by Gasteiger charge is 2.21. The number of nitrogens with zero attached hydrogens (tertiary/aromatic N) is 2. The number of rotatable bonds is 14. The van der Waals surface area contributed by atoms with Crippen molar-refractivity contribution in [3.63, 3.8) is 0 Å². The summed E-state index contributed by atoms with van der Waals surface area (Å²) in [7, 11) is 0. The van der Waals surface area contributed by atoms with Crippen molar-refractivity contribution >= 4 is 0 Å². The Kier molecular flexibility index (Phi) is 11.0. The molecule has 1 aromatic carbocycles. The Morgan fingerprint density at radius 1 is 0.788 bits per heavy atom. The SMILES string of the molecule is CCCCCCCCOc1cnc(-c2ccc(OC[C@H]3CC[C@H](CCC)CC3)cc2C)nc1. The second kappa shape index (κ2) is 14.2. The lowest BCUT2D eigenvalue weighted by atomic mass is 9.80. The summed E-state index contributed by atoms with van der Waals surface area (Å²) in [5.41, 5.74) is 2.18. The molecular formula is C29H44N2O2. The first-order chi connectivity index (χ1) is 16.2. The number of hydrogen-bond acceptors (Lipinski definition) is 4. The van der Waals surface area contributed by atoms with Gasteiger partial charge in [-0.3, -0.25) is 0 Å². The first kappa shape index (κ1) is 25.5. The molecule has 182 valence electrons. The third-order valence-corrected chi connectivity index (χ3v) is 6.98. The topological polar surface area (TPSA) is 44.2 Å². The molecule has 1 heterocycles. The van der Waals surface area contributed by atoms with Crippen LogP contribution in [0, 0.1) is 18.8 Å². The number of unbranched alkanes of at least 4 members (excludes halogenated alkanes) is 5. The quantitative estimate of drug-likeness (QED) is 0.271. The van der Waals surface area contributed by atoms with Gasteiger partial charge in [0.25, 0.3) is 0 Å². The number of aromatic nitrogens is 2. The molecule has 4 heteroatoms. The fourth-order valence-electron chi connectivity index (χ4n) is 4.89. The largest absolute Gasteiger partial charge is 0.493 e. The molecule has 0 bridgehead atoms. The van der Waals surface area contributed by atoms with Gasteiger partial charge in [0, 0.05) is 5.56 Å². The molecule has 0 radical (unpaired) electrons. The van der Waals surface area contributed by atoms with Crippen LogP contribution < -0.4 is 9.47 Å². The number of aryl methyl sites for hydroxylation is 1. The van der Waals surface area contributed by atoms with Crippen molar-refractivity contribution in [1.29, 1.82) is 0 Å². The maximum atomic E-state index is 6.16. The molecule has 0 aliphatic heterocycles. The lowest BCUT2D eigenvalue weighted by Crippen LogP contribution is -2.20. The smallest absolute Gasteiger partial charge is 0.159 e. The summed E-state index contributed by atoms with van der Waals surface area (Å²) >= 11 is 0. The highest BCUT2D eigenvalue weighted by Crippen LogP contribution is 2.32. The molecule has 0 unspecified atom stereocenters. The Labute approximate surface area is 201 Å². The molecule has 1 aliphatic carbocycles. The van der Waals surface area contributed by atoms with E-state index in [0.717, 1.165) is 54.0 Å². The molecular weight excluding hydrogens is 408 g/mol. The van der Waals surface area contributed by atoms with Crippen LogP contribution in [0.5, 0.6) is 11.5 Å². The molecule has 1 aromatic heterocycles. The minimum absolute atomic E-state index is 0.699. The Morgan fingerprint density at radius 3 is 2.18 bits per heavy atom. The summed E-state index contributed by atoms with van der Waals surface area (Å²) in [5, 5.41) is 0. The van der Waals surface area contributed by atoms with Crippen LogP contribution in [0.25, 0.3) is 11.4 Å². The maximum Gasteiger partial charge on any atom is 0.159 e. The average molecular weight is 453 g/mol. The average Bonchev–Trinajstić information content (AvgIpc) is 2.84. The van der Waals surface area contributed by atoms with Crippen LogP contribution in [0.15, 0.2) is 30.6 Å². The van der Waals surface area contributed by atoms with Crippen molar-refractivity contribution in [3.05, 3.63) is 36.2 Å². The number of benzene rings is 1. The second-order valence-electron chi connectivity index (χ2n) is 9.82. The molecule has 33 heavy (non-hydrogen) atoms. The number of ether oxygens (including phenoxy) is 2. The van der Waals surface area contributed by atoms with Crippen LogP contribution in [-0.2, 0) is 0 Å². The fraction of sp³-hybridized carbons (Fsp3) is 0.655. The molecule has 4 nitrogen and oxygen atoms in total. The van der Waals surface area contributed by atoms with Crippen molar-refractivity contribution in [1.82, 2.24) is 9.97 Å². The summed E-state index contributed by atoms with van der Waals surface area (Å²) in [6.07, 6.45) is 19.2. The third kappa shape index (κ3) is 8.64. The molecule has 0 saturated heterocycles. The van der Waals surface area contributed by atoms with Crippen LogP contribution in [0.2, 0.25) is 0 Å². The van der Waals surface area contributed by atoms with E-state index in [2.05, 4.69) is 48.9 Å². The molecule has 3 rings (SSSR count). The summed E-state index contributed by atoms with van der Waals surface area (Å²) in [6.45, 7) is 8.21. The molecule has 2 aromatic rings. The van der Waals surface area contributed by atoms with Gasteiger partial charge in [0.15, 0.2) is 11.6 Å². The summed E-state index contributed by atoms with van der Waals surface area (Å²) in [5.74, 6) is 4.08. The zero-order valence-corrected chi connectivity index (χ0v) is 21.2. The van der Waals surface area contributed by atoms with E-state index in [1.807, 2.05) is 0 Å². The van der Waals surface area contributed by atoms with Gasteiger partial charge in [0.1, 0.15) is 5.75 Å². The van der Waals surface area contributed by atoms with E-state index in [9.17, 15) is 0 Å². The van der Waals surface area contributed by atoms with Gasteiger partial charge in [-0.05, 0) is 61.8 Å². The zero-order valence-electron chi connectivity index (χ0n) is 21.2. The Hall–Kier alpha value is -2.10. The number of hydrogen-bond donors (Lipinski definition) is 0.